The zero-order valence-corrected chi connectivity index (χ0v) is 19.1. The Balaban J connectivity index is 1.65. The van der Waals surface area contributed by atoms with Crippen molar-refractivity contribution in [3.05, 3.63) is 57.1 Å². The molecular weight excluding hydrogens is 423 g/mol. The minimum atomic E-state index is -0.804. The fourth-order valence-corrected chi connectivity index (χ4v) is 5.41. The molecule has 0 fully saturated rings. The van der Waals surface area contributed by atoms with Crippen molar-refractivity contribution in [3.63, 3.8) is 0 Å². The predicted octanol–water partition coefficient (Wildman–Crippen LogP) is 3.89. The van der Waals surface area contributed by atoms with Gasteiger partial charge in [0, 0.05) is 23.9 Å². The van der Waals surface area contributed by atoms with Crippen molar-refractivity contribution in [2.24, 2.45) is 0 Å². The summed E-state index contributed by atoms with van der Waals surface area (Å²) < 4.78 is 19.8. The van der Waals surface area contributed by atoms with E-state index >= 15 is 0 Å². The molecule has 2 aromatic rings. The Kier molecular flexibility index (Phi) is 5.32. The summed E-state index contributed by atoms with van der Waals surface area (Å²) in [5.41, 5.74) is 6.77. The first-order valence-electron chi connectivity index (χ1n) is 11.5. The lowest BCUT2D eigenvalue weighted by molar-refractivity contribution is -0.140. The molecule has 1 aromatic heterocycles. The van der Waals surface area contributed by atoms with Crippen molar-refractivity contribution < 1.29 is 23.8 Å². The molecule has 0 saturated carbocycles. The first kappa shape index (κ1) is 21.8. The van der Waals surface area contributed by atoms with E-state index in [-0.39, 0.29) is 18.3 Å². The number of allylic oxidation sites excluding steroid dienone is 1. The number of rotatable bonds is 4. The molecule has 0 saturated heterocycles. The molecule has 6 nitrogen and oxygen atoms in total. The normalized spacial score (nSPS) is 18.2. The molecule has 7 heteroatoms. The number of aliphatic hydroxyl groups is 1. The van der Waals surface area contributed by atoms with Gasteiger partial charge in [-0.25, -0.2) is 9.37 Å². The van der Waals surface area contributed by atoms with Crippen LogP contribution in [-0.4, -0.2) is 39.6 Å². The van der Waals surface area contributed by atoms with Crippen LogP contribution in [0.15, 0.2) is 23.3 Å². The number of carbonyl (C=O) groups excluding carboxylic acids is 2. The molecule has 1 amide bonds. The summed E-state index contributed by atoms with van der Waals surface area (Å²) in [5, 5.41) is 11.6. The number of pyridine rings is 1. The quantitative estimate of drug-likeness (QED) is 0.715. The SMILES string of the molecule is CC[C@H](O)C1=C(COC(C)=O)C(=O)N2Cc3c(nc4cc(F)c(C)c5c4c3CCC5)C2=CC1. The van der Waals surface area contributed by atoms with Gasteiger partial charge < -0.3 is 14.7 Å². The second kappa shape index (κ2) is 8.06. The molecule has 3 aliphatic rings. The van der Waals surface area contributed by atoms with Gasteiger partial charge in [0.2, 0.25) is 0 Å². The molecule has 0 spiro atoms. The molecular formula is C26H27FN2O4. The van der Waals surface area contributed by atoms with Crippen molar-refractivity contribution in [3.8, 4) is 0 Å². The maximum absolute atomic E-state index is 14.6. The Morgan fingerprint density at radius 3 is 2.79 bits per heavy atom. The largest absolute Gasteiger partial charge is 0.461 e. The number of halogens is 1. The van der Waals surface area contributed by atoms with Gasteiger partial charge in [-0.05, 0) is 61.3 Å². The van der Waals surface area contributed by atoms with Gasteiger partial charge in [0.05, 0.1) is 35.1 Å². The average molecular weight is 451 g/mol. The van der Waals surface area contributed by atoms with E-state index in [0.717, 1.165) is 41.3 Å². The lowest BCUT2D eigenvalue weighted by Crippen LogP contribution is -2.29. The maximum atomic E-state index is 14.6. The standard InChI is InChI=1S/C26H27FN2O4/c1-4-23(31)16-8-9-22-25-18(11-29(22)26(32)19(16)12-33-14(3)30)17-7-5-6-15-13(2)20(27)10-21(28-25)24(15)17/h9-10,23,31H,4-8,11-12H2,1-3H3/t23-/m0/s1. The number of aliphatic hydroxyl groups excluding tert-OH is 1. The Morgan fingerprint density at radius 1 is 1.30 bits per heavy atom. The molecule has 1 aromatic carbocycles. The van der Waals surface area contributed by atoms with E-state index in [1.807, 2.05) is 19.9 Å². The van der Waals surface area contributed by atoms with E-state index in [1.54, 1.807) is 4.90 Å². The van der Waals surface area contributed by atoms with E-state index in [0.29, 0.717) is 53.0 Å². The van der Waals surface area contributed by atoms with Crippen molar-refractivity contribution in [1.29, 1.82) is 0 Å². The molecule has 5 rings (SSSR count). The van der Waals surface area contributed by atoms with E-state index in [2.05, 4.69) is 0 Å². The fourth-order valence-electron chi connectivity index (χ4n) is 5.41. The summed E-state index contributed by atoms with van der Waals surface area (Å²) in [5.74, 6) is -1.02. The minimum Gasteiger partial charge on any atom is -0.461 e. The van der Waals surface area contributed by atoms with Gasteiger partial charge in [0.15, 0.2) is 0 Å². The second-order valence-corrected chi connectivity index (χ2v) is 9.02. The molecule has 1 aliphatic carbocycles. The van der Waals surface area contributed by atoms with Crippen molar-refractivity contribution in [2.75, 3.05) is 6.61 Å². The fraction of sp³-hybridized carbons (Fsp3) is 0.423. The second-order valence-electron chi connectivity index (χ2n) is 9.02. The minimum absolute atomic E-state index is 0.175. The molecule has 33 heavy (non-hydrogen) atoms. The van der Waals surface area contributed by atoms with E-state index in [4.69, 9.17) is 9.72 Å². The van der Waals surface area contributed by atoms with Gasteiger partial charge >= 0.3 is 5.97 Å². The number of carbonyl (C=O) groups is 2. The number of fused-ring (bicyclic) bond motifs is 4. The number of aromatic nitrogens is 1. The highest BCUT2D eigenvalue weighted by molar-refractivity contribution is 6.03. The predicted molar refractivity (Wildman–Crippen MR) is 122 cm³/mol. The summed E-state index contributed by atoms with van der Waals surface area (Å²) in [7, 11) is 0. The number of amides is 1. The molecule has 1 atom stereocenters. The third-order valence-electron chi connectivity index (χ3n) is 7.13. The van der Waals surface area contributed by atoms with Crippen LogP contribution in [0.25, 0.3) is 16.6 Å². The third kappa shape index (κ3) is 3.37. The topological polar surface area (TPSA) is 79.7 Å². The smallest absolute Gasteiger partial charge is 0.302 e. The van der Waals surface area contributed by atoms with Crippen LogP contribution in [0.1, 0.15) is 61.1 Å². The molecule has 172 valence electrons. The summed E-state index contributed by atoms with van der Waals surface area (Å²) in [6, 6.07) is 1.50. The van der Waals surface area contributed by atoms with E-state index in [9.17, 15) is 19.1 Å². The highest BCUT2D eigenvalue weighted by Crippen LogP contribution is 2.43. The van der Waals surface area contributed by atoms with Crippen LogP contribution in [0.4, 0.5) is 4.39 Å². The van der Waals surface area contributed by atoms with Gasteiger partial charge in [-0.1, -0.05) is 13.0 Å². The van der Waals surface area contributed by atoms with Crippen LogP contribution in [0.2, 0.25) is 0 Å². The van der Waals surface area contributed by atoms with Crippen molar-refractivity contribution >= 4 is 28.5 Å². The van der Waals surface area contributed by atoms with Gasteiger partial charge in [0.25, 0.3) is 5.91 Å². The molecule has 0 unspecified atom stereocenters. The van der Waals surface area contributed by atoms with Gasteiger partial charge in [-0.15, -0.1) is 0 Å². The molecule has 1 N–H and O–H groups in total. The van der Waals surface area contributed by atoms with Crippen LogP contribution in [0.5, 0.6) is 0 Å². The Hall–Kier alpha value is -3.06. The van der Waals surface area contributed by atoms with Crippen molar-refractivity contribution in [2.45, 2.75) is 65.5 Å². The lowest BCUT2D eigenvalue weighted by Gasteiger charge is -2.22. The average Bonchev–Trinajstić information content (AvgIpc) is 3.10. The molecule has 2 aliphatic heterocycles. The third-order valence-corrected chi connectivity index (χ3v) is 7.13. The zero-order chi connectivity index (χ0) is 23.4. The zero-order valence-electron chi connectivity index (χ0n) is 19.1. The monoisotopic (exact) mass is 450 g/mol. The molecule has 3 heterocycles. The number of ether oxygens (including phenoxy) is 1. The van der Waals surface area contributed by atoms with Crippen LogP contribution in [-0.2, 0) is 33.7 Å². The maximum Gasteiger partial charge on any atom is 0.302 e. The number of esters is 1. The molecule has 0 radical (unpaired) electrons. The van der Waals surface area contributed by atoms with Gasteiger partial charge in [-0.3, -0.25) is 9.59 Å². The number of aryl methyl sites for hydroxylation is 2. The van der Waals surface area contributed by atoms with Gasteiger partial charge in [-0.2, -0.15) is 0 Å². The summed E-state index contributed by atoms with van der Waals surface area (Å²) in [4.78, 5) is 31.6. The highest BCUT2D eigenvalue weighted by Gasteiger charge is 2.38. The van der Waals surface area contributed by atoms with Crippen LogP contribution < -0.4 is 0 Å². The van der Waals surface area contributed by atoms with Crippen LogP contribution >= 0.6 is 0 Å². The Labute approximate surface area is 191 Å². The molecule has 0 bridgehead atoms. The van der Waals surface area contributed by atoms with Crippen LogP contribution in [0.3, 0.4) is 0 Å². The summed E-state index contributed by atoms with van der Waals surface area (Å²) in [6.45, 7) is 5.15. The van der Waals surface area contributed by atoms with Crippen LogP contribution in [0, 0.1) is 12.7 Å². The number of hydrogen-bond acceptors (Lipinski definition) is 5. The van der Waals surface area contributed by atoms with E-state index < -0.39 is 12.1 Å². The Morgan fingerprint density at radius 2 is 2.06 bits per heavy atom. The lowest BCUT2D eigenvalue weighted by atomic mass is 9.85. The number of nitrogens with zero attached hydrogens (tertiary/aromatic N) is 2. The van der Waals surface area contributed by atoms with Crippen molar-refractivity contribution in [1.82, 2.24) is 9.88 Å². The summed E-state index contributed by atoms with van der Waals surface area (Å²) in [6.07, 6.45) is 4.53. The highest BCUT2D eigenvalue weighted by atomic mass is 19.1. The summed E-state index contributed by atoms with van der Waals surface area (Å²) >= 11 is 0. The first-order chi connectivity index (χ1) is 15.8. The Bertz CT molecular complexity index is 1280. The van der Waals surface area contributed by atoms with Gasteiger partial charge in [0.1, 0.15) is 12.4 Å². The van der Waals surface area contributed by atoms with E-state index in [1.165, 1.54) is 13.0 Å². The first-order valence-corrected chi connectivity index (χ1v) is 11.5. The number of hydrogen-bond donors (Lipinski definition) is 1. The number of benzene rings is 1.